The molecule has 0 fully saturated rings. The molecule has 0 aliphatic heterocycles. The standard InChI is InChI=1S/C14H10ClN3O3S/c1-7(15)12-16-13(19)11-10(6-22-14(11)17-12)8-3-2-4-9(5-8)18(20)21/h2-7H,1H3,(H,16,17,19). The summed E-state index contributed by atoms with van der Waals surface area (Å²) in [6.45, 7) is 1.72. The molecule has 6 nitrogen and oxygen atoms in total. The normalized spacial score (nSPS) is 12.5. The summed E-state index contributed by atoms with van der Waals surface area (Å²) in [6, 6.07) is 6.17. The first kappa shape index (κ1) is 14.7. The zero-order valence-electron chi connectivity index (χ0n) is 11.4. The van der Waals surface area contributed by atoms with Crippen LogP contribution < -0.4 is 5.56 Å². The first-order valence-corrected chi connectivity index (χ1v) is 7.69. The van der Waals surface area contributed by atoms with Crippen molar-refractivity contribution < 1.29 is 4.92 Å². The molecule has 1 atom stereocenters. The summed E-state index contributed by atoms with van der Waals surface area (Å²) in [5, 5.41) is 12.7. The molecule has 1 N–H and O–H groups in total. The van der Waals surface area contributed by atoms with Crippen molar-refractivity contribution in [3.63, 3.8) is 0 Å². The monoisotopic (exact) mass is 335 g/mol. The molecule has 2 aromatic heterocycles. The third-order valence-corrected chi connectivity index (χ3v) is 4.29. The van der Waals surface area contributed by atoms with Crippen molar-refractivity contribution in [2.24, 2.45) is 0 Å². The van der Waals surface area contributed by atoms with E-state index in [-0.39, 0.29) is 11.2 Å². The van der Waals surface area contributed by atoms with Crippen molar-refractivity contribution in [1.82, 2.24) is 9.97 Å². The van der Waals surface area contributed by atoms with Gasteiger partial charge >= 0.3 is 0 Å². The molecule has 8 heteroatoms. The summed E-state index contributed by atoms with van der Waals surface area (Å²) in [4.78, 5) is 30.3. The van der Waals surface area contributed by atoms with Crippen molar-refractivity contribution in [2.45, 2.75) is 12.3 Å². The highest BCUT2D eigenvalue weighted by molar-refractivity contribution is 7.17. The van der Waals surface area contributed by atoms with Crippen LogP contribution in [0.1, 0.15) is 18.1 Å². The SMILES string of the molecule is CC(Cl)c1nc2scc(-c3cccc([N+](=O)[O-])c3)c2c(=O)[nH]1. The molecule has 0 spiro atoms. The fourth-order valence-electron chi connectivity index (χ4n) is 2.15. The topological polar surface area (TPSA) is 88.9 Å². The molecule has 0 bridgehead atoms. The minimum Gasteiger partial charge on any atom is -0.309 e. The third-order valence-electron chi connectivity index (χ3n) is 3.21. The highest BCUT2D eigenvalue weighted by Crippen LogP contribution is 2.33. The Balaban J connectivity index is 2.23. The van der Waals surface area contributed by atoms with E-state index in [1.165, 1.54) is 23.5 Å². The average molecular weight is 336 g/mol. The number of alkyl halides is 1. The number of halogens is 1. The molecule has 0 aliphatic carbocycles. The number of aromatic amines is 1. The lowest BCUT2D eigenvalue weighted by Gasteiger charge is -2.03. The fourth-order valence-corrected chi connectivity index (χ4v) is 3.21. The van der Waals surface area contributed by atoms with Gasteiger partial charge in [0.2, 0.25) is 0 Å². The van der Waals surface area contributed by atoms with Crippen LogP contribution in [0.25, 0.3) is 21.3 Å². The van der Waals surface area contributed by atoms with E-state index in [0.29, 0.717) is 27.2 Å². The van der Waals surface area contributed by atoms with Gasteiger partial charge in [0.15, 0.2) is 0 Å². The molecule has 22 heavy (non-hydrogen) atoms. The minimum atomic E-state index is -0.464. The zero-order chi connectivity index (χ0) is 15.9. The van der Waals surface area contributed by atoms with Gasteiger partial charge in [-0.05, 0) is 12.5 Å². The summed E-state index contributed by atoms with van der Waals surface area (Å²) in [6.07, 6.45) is 0. The molecule has 0 aliphatic rings. The Bertz CT molecular complexity index is 932. The number of benzene rings is 1. The van der Waals surface area contributed by atoms with Crippen LogP contribution in [-0.2, 0) is 0 Å². The van der Waals surface area contributed by atoms with Gasteiger partial charge in [-0.1, -0.05) is 12.1 Å². The predicted molar refractivity (Wildman–Crippen MR) is 86.6 cm³/mol. The second-order valence-corrected chi connectivity index (χ2v) is 6.22. The van der Waals surface area contributed by atoms with Gasteiger partial charge in [0, 0.05) is 23.1 Å². The van der Waals surface area contributed by atoms with E-state index in [0.717, 1.165) is 0 Å². The van der Waals surface area contributed by atoms with E-state index in [2.05, 4.69) is 9.97 Å². The fraction of sp³-hybridized carbons (Fsp3) is 0.143. The molecular formula is C14H10ClN3O3S. The lowest BCUT2D eigenvalue weighted by Crippen LogP contribution is -2.11. The van der Waals surface area contributed by atoms with E-state index in [1.54, 1.807) is 24.4 Å². The van der Waals surface area contributed by atoms with Crippen LogP contribution in [0.4, 0.5) is 5.69 Å². The first-order valence-electron chi connectivity index (χ1n) is 6.37. The van der Waals surface area contributed by atoms with Crippen molar-refractivity contribution in [2.75, 3.05) is 0 Å². The van der Waals surface area contributed by atoms with Crippen LogP contribution in [0.3, 0.4) is 0 Å². The number of nitrogens with one attached hydrogen (secondary N) is 1. The number of nitro benzene ring substituents is 1. The molecule has 0 saturated heterocycles. The van der Waals surface area contributed by atoms with E-state index < -0.39 is 10.3 Å². The van der Waals surface area contributed by atoms with E-state index in [9.17, 15) is 14.9 Å². The van der Waals surface area contributed by atoms with Crippen LogP contribution in [0.15, 0.2) is 34.4 Å². The second-order valence-electron chi connectivity index (χ2n) is 4.70. The van der Waals surface area contributed by atoms with E-state index in [4.69, 9.17) is 11.6 Å². The highest BCUT2D eigenvalue weighted by atomic mass is 35.5. The van der Waals surface area contributed by atoms with Gasteiger partial charge in [0.25, 0.3) is 11.2 Å². The maximum Gasteiger partial charge on any atom is 0.270 e. The number of non-ortho nitro benzene ring substituents is 1. The Labute approximate surface area is 133 Å². The maximum absolute atomic E-state index is 12.3. The summed E-state index contributed by atoms with van der Waals surface area (Å²) in [7, 11) is 0. The number of nitrogens with zero attached hydrogens (tertiary/aromatic N) is 2. The Hall–Kier alpha value is -2.25. The van der Waals surface area contributed by atoms with Crippen molar-refractivity contribution >= 4 is 38.8 Å². The van der Waals surface area contributed by atoms with Gasteiger partial charge in [-0.25, -0.2) is 4.98 Å². The summed E-state index contributed by atoms with van der Waals surface area (Å²) < 4.78 is 0. The molecule has 112 valence electrons. The van der Waals surface area contributed by atoms with E-state index in [1.807, 2.05) is 0 Å². The number of H-pyrrole nitrogens is 1. The maximum atomic E-state index is 12.3. The van der Waals surface area contributed by atoms with Gasteiger partial charge in [-0.15, -0.1) is 22.9 Å². The predicted octanol–water partition coefficient (Wildman–Crippen LogP) is 3.86. The average Bonchev–Trinajstić information content (AvgIpc) is 2.91. The van der Waals surface area contributed by atoms with E-state index >= 15 is 0 Å². The number of thiophene rings is 1. The molecule has 3 aromatic rings. The van der Waals surface area contributed by atoms with Gasteiger partial charge < -0.3 is 4.98 Å². The first-order chi connectivity index (χ1) is 10.5. The lowest BCUT2D eigenvalue weighted by atomic mass is 10.1. The van der Waals surface area contributed by atoms with Crippen LogP contribution in [0.2, 0.25) is 0 Å². The second kappa shape index (κ2) is 5.51. The third kappa shape index (κ3) is 2.49. The number of rotatable bonds is 3. The molecule has 0 saturated carbocycles. The van der Waals surface area contributed by atoms with Crippen LogP contribution in [0.5, 0.6) is 0 Å². The number of nitro groups is 1. The number of hydrogen-bond acceptors (Lipinski definition) is 5. The van der Waals surface area contributed by atoms with Crippen molar-refractivity contribution in [3.05, 3.63) is 55.9 Å². The lowest BCUT2D eigenvalue weighted by molar-refractivity contribution is -0.384. The van der Waals surface area contributed by atoms with Gasteiger partial charge in [-0.2, -0.15) is 0 Å². The molecular weight excluding hydrogens is 326 g/mol. The Morgan fingerprint density at radius 2 is 2.23 bits per heavy atom. The molecule has 1 aromatic carbocycles. The number of fused-ring (bicyclic) bond motifs is 1. The number of hydrogen-bond donors (Lipinski definition) is 1. The Morgan fingerprint density at radius 3 is 2.91 bits per heavy atom. The molecule has 3 rings (SSSR count). The van der Waals surface area contributed by atoms with Crippen molar-refractivity contribution in [1.29, 1.82) is 0 Å². The summed E-state index contributed by atoms with van der Waals surface area (Å²) in [5.41, 5.74) is 0.924. The van der Waals surface area contributed by atoms with Crippen LogP contribution >= 0.6 is 22.9 Å². The Morgan fingerprint density at radius 1 is 1.45 bits per heavy atom. The Kier molecular flexibility index (Phi) is 3.67. The quantitative estimate of drug-likeness (QED) is 0.447. The highest BCUT2D eigenvalue weighted by Gasteiger charge is 2.16. The zero-order valence-corrected chi connectivity index (χ0v) is 12.9. The summed E-state index contributed by atoms with van der Waals surface area (Å²) >= 11 is 7.26. The number of aromatic nitrogens is 2. The molecule has 1 unspecified atom stereocenters. The van der Waals surface area contributed by atoms with Gasteiger partial charge in [0.1, 0.15) is 10.7 Å². The van der Waals surface area contributed by atoms with Crippen LogP contribution in [-0.4, -0.2) is 14.9 Å². The van der Waals surface area contributed by atoms with Crippen LogP contribution in [0, 0.1) is 10.1 Å². The van der Waals surface area contributed by atoms with Gasteiger partial charge in [0.05, 0.1) is 15.7 Å². The van der Waals surface area contributed by atoms with Gasteiger partial charge in [-0.3, -0.25) is 14.9 Å². The smallest absolute Gasteiger partial charge is 0.270 e. The molecule has 2 heterocycles. The van der Waals surface area contributed by atoms with Crippen molar-refractivity contribution in [3.8, 4) is 11.1 Å². The molecule has 0 radical (unpaired) electrons. The minimum absolute atomic E-state index is 0.0211. The largest absolute Gasteiger partial charge is 0.309 e. The molecule has 0 amide bonds. The summed E-state index contributed by atoms with van der Waals surface area (Å²) in [5.74, 6) is 0.409.